The van der Waals surface area contributed by atoms with Crippen molar-refractivity contribution in [2.24, 2.45) is 23.7 Å². The number of carbonyl (C=O) groups excluding carboxylic acids is 1. The first kappa shape index (κ1) is 35.0. The van der Waals surface area contributed by atoms with E-state index in [0.717, 1.165) is 62.9 Å². The number of unbranched alkanes of at least 4 members (excludes halogenated alkanes) is 6. The van der Waals surface area contributed by atoms with Gasteiger partial charge in [-0.2, -0.15) is 4.89 Å². The van der Waals surface area contributed by atoms with E-state index in [4.69, 9.17) is 24.0 Å². The Bertz CT molecular complexity index is 1330. The normalized spacial score (nSPS) is 26.9. The lowest BCUT2D eigenvalue weighted by Crippen LogP contribution is -2.25. The Morgan fingerprint density at radius 1 is 0.592 bits per heavy atom. The van der Waals surface area contributed by atoms with E-state index in [2.05, 4.69) is 24.3 Å². The Balaban J connectivity index is 0.770. The third-order valence-electron chi connectivity index (χ3n) is 12.2. The number of ether oxygens (including phenoxy) is 3. The lowest BCUT2D eigenvalue weighted by Gasteiger charge is -2.28. The third kappa shape index (κ3) is 10.8. The zero-order valence-electron chi connectivity index (χ0n) is 29.8. The molecule has 2 atom stereocenters. The van der Waals surface area contributed by atoms with Crippen LogP contribution in [0, 0.1) is 23.7 Å². The summed E-state index contributed by atoms with van der Waals surface area (Å²) in [6, 6.07) is 12.4. The molecule has 0 spiro atoms. The average molecular weight is 673 g/mol. The fourth-order valence-electron chi connectivity index (χ4n) is 8.84. The quantitative estimate of drug-likeness (QED) is 0.0297. The van der Waals surface area contributed by atoms with Crippen molar-refractivity contribution < 1.29 is 28.8 Å². The van der Waals surface area contributed by atoms with E-state index in [-0.39, 0.29) is 11.9 Å². The molecule has 268 valence electrons. The summed E-state index contributed by atoms with van der Waals surface area (Å²) >= 11 is 0. The second kappa shape index (κ2) is 17.7. The van der Waals surface area contributed by atoms with Crippen LogP contribution in [0.5, 0.6) is 11.5 Å². The summed E-state index contributed by atoms with van der Waals surface area (Å²) in [4.78, 5) is 24.7. The van der Waals surface area contributed by atoms with E-state index >= 15 is 0 Å². The predicted molar refractivity (Wildman–Crippen MR) is 193 cm³/mol. The molecular weight excluding hydrogens is 612 g/mol. The van der Waals surface area contributed by atoms with Gasteiger partial charge in [0.05, 0.1) is 37.9 Å². The van der Waals surface area contributed by atoms with Crippen LogP contribution in [0.3, 0.4) is 0 Å². The summed E-state index contributed by atoms with van der Waals surface area (Å²) in [6.45, 7) is 2.65. The molecule has 2 saturated heterocycles. The molecule has 6 heteroatoms. The highest BCUT2D eigenvalue weighted by Crippen LogP contribution is 2.41. The molecule has 2 aliphatic heterocycles. The van der Waals surface area contributed by atoms with Crippen LogP contribution in [0.15, 0.2) is 36.4 Å². The Morgan fingerprint density at radius 3 is 1.65 bits per heavy atom. The Hall–Kier alpha value is -2.41. The first-order valence-corrected chi connectivity index (χ1v) is 20.2. The molecule has 2 aromatic carbocycles. The van der Waals surface area contributed by atoms with E-state index in [0.29, 0.717) is 30.5 Å². The molecule has 2 saturated carbocycles. The maximum absolute atomic E-state index is 13.1. The average Bonchev–Trinajstić information content (AvgIpc) is 4.07. The van der Waals surface area contributed by atoms with Gasteiger partial charge < -0.3 is 19.1 Å². The second-order valence-electron chi connectivity index (χ2n) is 16.1. The number of carbonyl (C=O) groups is 1. The lowest BCUT2D eigenvalue weighted by molar-refractivity contribution is -0.218. The molecule has 2 aromatic rings. The van der Waals surface area contributed by atoms with E-state index < -0.39 is 0 Å². The number of fused-ring (bicyclic) bond motifs is 3. The molecule has 4 fully saturated rings. The second-order valence-corrected chi connectivity index (χ2v) is 16.1. The van der Waals surface area contributed by atoms with Gasteiger partial charge in [-0.15, -0.1) is 0 Å². The molecule has 49 heavy (non-hydrogen) atoms. The highest BCUT2D eigenvalue weighted by atomic mass is 17.2. The summed E-state index contributed by atoms with van der Waals surface area (Å²) in [5, 5.41) is 0. The van der Waals surface area contributed by atoms with Gasteiger partial charge in [0.15, 0.2) is 5.75 Å². The number of benzene rings is 2. The lowest BCUT2D eigenvalue weighted by atomic mass is 9.79. The monoisotopic (exact) mass is 672 g/mol. The predicted octanol–water partition coefficient (Wildman–Crippen LogP) is 10.6. The highest BCUT2D eigenvalue weighted by Gasteiger charge is 2.29. The van der Waals surface area contributed by atoms with Gasteiger partial charge in [0.2, 0.25) is 0 Å². The van der Waals surface area contributed by atoms with Crippen LogP contribution in [0.25, 0.3) is 11.1 Å². The summed E-state index contributed by atoms with van der Waals surface area (Å²) in [6.07, 6.45) is 27.3. The van der Waals surface area contributed by atoms with Gasteiger partial charge >= 0.3 is 5.97 Å². The van der Waals surface area contributed by atoms with Crippen LogP contribution in [0.1, 0.15) is 140 Å². The number of rotatable bonds is 20. The van der Waals surface area contributed by atoms with Crippen LogP contribution in [-0.2, 0) is 25.6 Å². The smallest absolute Gasteiger partial charge is 0.314 e. The number of epoxide rings is 2. The Kier molecular flexibility index (Phi) is 12.6. The molecule has 0 radical (unpaired) electrons. The largest absolute Gasteiger partial charge is 0.426 e. The van der Waals surface area contributed by atoms with Crippen molar-refractivity contribution in [3.63, 3.8) is 0 Å². The van der Waals surface area contributed by atoms with E-state index in [9.17, 15) is 4.79 Å². The van der Waals surface area contributed by atoms with E-state index in [1.54, 1.807) is 0 Å². The molecule has 5 aliphatic rings. The standard InChI is InChI=1S/C43H60O6/c44-43(34-19-17-32(18-20-34)10-6-2-4-8-12-40-30-46-40)48-37-21-23-41-35(26-37)25-36-27-38(22-24-42(36)41)49-47-28-33-15-13-31(14-16-33)9-5-1-3-7-11-39-29-45-39/h21-24,26-27,31-34,39-40H,1-20,25,28-30H2. The third-order valence-corrected chi connectivity index (χ3v) is 12.2. The van der Waals surface area contributed by atoms with Crippen molar-refractivity contribution in [3.05, 3.63) is 47.5 Å². The maximum Gasteiger partial charge on any atom is 0.314 e. The van der Waals surface area contributed by atoms with Crippen LogP contribution in [0.2, 0.25) is 0 Å². The highest BCUT2D eigenvalue weighted by molar-refractivity contribution is 5.79. The molecule has 2 heterocycles. The molecule has 2 unspecified atom stereocenters. The maximum atomic E-state index is 13.1. The number of hydrogen-bond donors (Lipinski definition) is 0. The van der Waals surface area contributed by atoms with Gasteiger partial charge in [0.25, 0.3) is 0 Å². The van der Waals surface area contributed by atoms with Crippen LogP contribution < -0.4 is 9.62 Å². The van der Waals surface area contributed by atoms with Crippen molar-refractivity contribution in [2.45, 2.75) is 147 Å². The summed E-state index contributed by atoms with van der Waals surface area (Å²) < 4.78 is 16.6. The molecule has 3 aliphatic carbocycles. The van der Waals surface area contributed by atoms with Crippen molar-refractivity contribution in [3.8, 4) is 22.6 Å². The topological polar surface area (TPSA) is 69.8 Å². The van der Waals surface area contributed by atoms with Gasteiger partial charge in [-0.25, -0.2) is 0 Å². The van der Waals surface area contributed by atoms with Gasteiger partial charge in [-0.1, -0.05) is 89.2 Å². The molecule has 0 N–H and O–H groups in total. The van der Waals surface area contributed by atoms with Crippen molar-refractivity contribution >= 4 is 5.97 Å². The van der Waals surface area contributed by atoms with Gasteiger partial charge in [0, 0.05) is 0 Å². The van der Waals surface area contributed by atoms with Crippen molar-refractivity contribution in [2.75, 3.05) is 19.8 Å². The van der Waals surface area contributed by atoms with Crippen LogP contribution in [-0.4, -0.2) is 38.0 Å². The molecule has 6 nitrogen and oxygen atoms in total. The van der Waals surface area contributed by atoms with Crippen molar-refractivity contribution in [1.29, 1.82) is 0 Å². The zero-order valence-corrected chi connectivity index (χ0v) is 29.8. The fourth-order valence-corrected chi connectivity index (χ4v) is 8.84. The summed E-state index contributed by atoms with van der Waals surface area (Å²) in [7, 11) is 0. The molecule has 7 rings (SSSR count). The SMILES string of the molecule is O=C(Oc1ccc2c(c1)Cc1cc(OOCC3CCC(CCCCCCC4CO4)CC3)ccc1-2)C1CCC(CCCCCCC2CO2)CC1. The van der Waals surface area contributed by atoms with Gasteiger partial charge in [-0.3, -0.25) is 4.79 Å². The van der Waals surface area contributed by atoms with Crippen LogP contribution >= 0.6 is 0 Å². The zero-order chi connectivity index (χ0) is 33.3. The van der Waals surface area contributed by atoms with Gasteiger partial charge in [-0.05, 0) is 122 Å². The molecule has 0 amide bonds. The van der Waals surface area contributed by atoms with E-state index in [1.807, 2.05) is 12.1 Å². The van der Waals surface area contributed by atoms with Crippen molar-refractivity contribution in [1.82, 2.24) is 0 Å². The minimum atomic E-state index is -0.0526. The minimum Gasteiger partial charge on any atom is -0.426 e. The molecule has 0 aromatic heterocycles. The first-order valence-electron chi connectivity index (χ1n) is 20.2. The summed E-state index contributed by atoms with van der Waals surface area (Å²) in [5.41, 5.74) is 4.88. The molecule has 0 bridgehead atoms. The Labute approximate surface area is 294 Å². The first-order chi connectivity index (χ1) is 24.2. The summed E-state index contributed by atoms with van der Waals surface area (Å²) in [5.74, 6) is 3.68. The van der Waals surface area contributed by atoms with Gasteiger partial charge in [0.1, 0.15) is 5.75 Å². The van der Waals surface area contributed by atoms with Crippen LogP contribution in [0.4, 0.5) is 0 Å². The molecular formula is C43H60O6. The Morgan fingerprint density at radius 2 is 1.08 bits per heavy atom. The van der Waals surface area contributed by atoms with E-state index in [1.165, 1.54) is 125 Å². The minimum absolute atomic E-state index is 0.0301. The number of esters is 1. The fraction of sp³-hybridized carbons (Fsp3) is 0.698. The number of hydrogen-bond acceptors (Lipinski definition) is 6.